The zero-order valence-corrected chi connectivity index (χ0v) is 60.2. The van der Waals surface area contributed by atoms with Gasteiger partial charge >= 0.3 is 23.9 Å². The number of amides is 2. The second-order valence-electron chi connectivity index (χ2n) is 27.6. The highest BCUT2D eigenvalue weighted by molar-refractivity contribution is 8.77. The Labute approximate surface area is 557 Å². The number of nitrogens with zero attached hydrogens (tertiary/aromatic N) is 4. The molecule has 0 aromatic carbocycles. The number of unbranched alkanes of at least 4 members (excludes halogenated alkanes) is 1. The average Bonchev–Trinajstić information content (AvgIpc) is 1.26. The van der Waals surface area contributed by atoms with Crippen LogP contribution in [0.3, 0.4) is 0 Å². The molecule has 91 heavy (non-hydrogen) atoms. The zero-order valence-electron chi connectivity index (χ0n) is 56.9. The van der Waals surface area contributed by atoms with Crippen LogP contribution in [0.2, 0.25) is 0 Å². The molecule has 5 fully saturated rings. The Morgan fingerprint density at radius 2 is 1.38 bits per heavy atom. The van der Waals surface area contributed by atoms with Gasteiger partial charge < -0.3 is 83.4 Å². The molecule has 23 nitrogen and oxygen atoms in total. The Bertz CT molecular complexity index is 2350. The van der Waals surface area contributed by atoms with E-state index in [0.29, 0.717) is 76.1 Å². The van der Waals surface area contributed by atoms with Crippen LogP contribution in [0.1, 0.15) is 167 Å². The van der Waals surface area contributed by atoms with Gasteiger partial charge in [-0.3, -0.25) is 19.2 Å². The number of aliphatic carboxylic acids is 2. The Morgan fingerprint density at radius 3 is 1.95 bits per heavy atom. The van der Waals surface area contributed by atoms with Crippen molar-refractivity contribution in [1.82, 2.24) is 19.6 Å². The van der Waals surface area contributed by atoms with Crippen molar-refractivity contribution < 1.29 is 92.6 Å². The fraction of sp³-hybridized carbons (Fsp3) is 0.906. The number of hydrogen-bond donors (Lipinski definition) is 6. The van der Waals surface area contributed by atoms with Crippen molar-refractivity contribution in [2.75, 3.05) is 65.1 Å². The van der Waals surface area contributed by atoms with Crippen molar-refractivity contribution in [2.45, 2.75) is 274 Å². The van der Waals surface area contributed by atoms with Crippen LogP contribution >= 0.6 is 43.2 Å². The highest BCUT2D eigenvalue weighted by Gasteiger charge is 2.54. The normalized spacial score (nSPS) is 37.7. The van der Waals surface area contributed by atoms with Crippen molar-refractivity contribution in [3.63, 3.8) is 0 Å². The number of rotatable bonds is 27. The molecule has 5 rings (SSSR count). The molecule has 6 N–H and O–H groups in total. The summed E-state index contributed by atoms with van der Waals surface area (Å²) >= 11 is 0. The maximum atomic E-state index is 14.7. The summed E-state index contributed by atoms with van der Waals surface area (Å²) < 4.78 is 45.5. The largest absolute Gasteiger partial charge is 0.480 e. The van der Waals surface area contributed by atoms with E-state index >= 15 is 0 Å². The van der Waals surface area contributed by atoms with E-state index in [4.69, 9.17) is 33.2 Å². The summed E-state index contributed by atoms with van der Waals surface area (Å²) in [4.78, 5) is 86.3. The fourth-order valence-corrected chi connectivity index (χ4v) is 19.6. The molecule has 0 aromatic heterocycles. The van der Waals surface area contributed by atoms with E-state index < -0.39 is 144 Å². The minimum atomic E-state index is -1.88. The number of likely N-dealkylation sites (N-methyl/N-ethyl adjacent to an activating group) is 2. The lowest BCUT2D eigenvalue weighted by molar-refractivity contribution is -0.319. The Morgan fingerprint density at radius 1 is 0.791 bits per heavy atom. The van der Waals surface area contributed by atoms with Gasteiger partial charge in [0, 0.05) is 85.9 Å². The minimum absolute atomic E-state index is 0.0607. The third kappa shape index (κ3) is 21.4. The first kappa shape index (κ1) is 79.5. The van der Waals surface area contributed by atoms with Gasteiger partial charge in [0.25, 0.3) is 0 Å². The Balaban J connectivity index is 1.37. The molecule has 5 saturated heterocycles. The topological polar surface area (TPSA) is 301 Å². The highest BCUT2D eigenvalue weighted by Crippen LogP contribution is 2.42. The van der Waals surface area contributed by atoms with Gasteiger partial charge in [0.05, 0.1) is 47.6 Å². The molecule has 0 unspecified atom stereocenters. The minimum Gasteiger partial charge on any atom is -0.480 e. The van der Waals surface area contributed by atoms with Gasteiger partial charge in [0.1, 0.15) is 36.0 Å². The number of cyclic esters (lactones) is 1. The summed E-state index contributed by atoms with van der Waals surface area (Å²) in [6.45, 7) is 22.3. The molecule has 0 bridgehead atoms. The summed E-state index contributed by atoms with van der Waals surface area (Å²) in [6, 6.07) is -2.62. The molecule has 0 aliphatic carbocycles. The average molecular weight is 1370 g/mol. The van der Waals surface area contributed by atoms with Gasteiger partial charge in [-0.15, -0.1) is 0 Å². The van der Waals surface area contributed by atoms with Gasteiger partial charge in [-0.05, 0) is 140 Å². The maximum absolute atomic E-state index is 14.7. The lowest BCUT2D eigenvalue weighted by Crippen LogP contribution is -2.61. The number of carboxylic acids is 2. The molecule has 5 aliphatic heterocycles. The van der Waals surface area contributed by atoms with E-state index in [-0.39, 0.29) is 54.6 Å². The number of aliphatic hydroxyl groups excluding tert-OH is 2. The summed E-state index contributed by atoms with van der Waals surface area (Å²) in [5.41, 5.74) is -4.70. The summed E-state index contributed by atoms with van der Waals surface area (Å²) in [6.07, 6.45) is -4.52. The van der Waals surface area contributed by atoms with Crippen molar-refractivity contribution in [1.29, 1.82) is 0 Å². The SMILES string of the molecule is CC[C@H]1OC(=O)[C@H](C)[C@@H](O[C@H]2C[C@@](C)(OC)[C@@H](O)[C@H](C)O2)[C@H](C)[C@@H](O[C@@H]2O[C@H](C)C[C@H](N(C)C)[C@H]2OC(=O)CCCC[C@H](CCSSC[C@H](C)C(=O)N2CCC[C@H]2C(=O)O)SSC[C@H](C)C(=O)N2CCC[C@H]2C(=O)O)[C@](C)(O)C[C@@H](C)CN(C)[C@H](C)[C@@H](O)[C@]1(C)O. The van der Waals surface area contributed by atoms with Crippen LogP contribution in [0.15, 0.2) is 0 Å². The molecular weight excluding hydrogens is 1260 g/mol. The number of carbonyl (C=O) groups excluding carboxylic acids is 4. The molecule has 2 amide bonds. The van der Waals surface area contributed by atoms with Gasteiger partial charge in [0.2, 0.25) is 11.8 Å². The predicted molar refractivity (Wildman–Crippen MR) is 353 cm³/mol. The van der Waals surface area contributed by atoms with Crippen molar-refractivity contribution in [2.24, 2.45) is 29.6 Å². The van der Waals surface area contributed by atoms with Gasteiger partial charge in [-0.1, -0.05) is 84.2 Å². The number of ether oxygens (including phenoxy) is 7. The number of likely N-dealkylation sites (tertiary alicyclic amines) is 2. The smallest absolute Gasteiger partial charge is 0.326 e. The first-order valence-electron chi connectivity index (χ1n) is 32.9. The molecule has 526 valence electrons. The van der Waals surface area contributed by atoms with Gasteiger partial charge in [-0.25, -0.2) is 9.59 Å². The molecule has 0 radical (unpaired) electrons. The monoisotopic (exact) mass is 1370 g/mol. The third-order valence-corrected chi connectivity index (χ3v) is 25.3. The van der Waals surface area contributed by atoms with Crippen LogP contribution in [-0.2, 0) is 61.9 Å². The first-order chi connectivity index (χ1) is 42.6. The van der Waals surface area contributed by atoms with E-state index in [1.165, 1.54) is 23.8 Å². The molecule has 5 heterocycles. The lowest BCUT2D eigenvalue weighted by Gasteiger charge is -2.49. The number of carboxylic acid groups (broad SMARTS) is 2. The maximum Gasteiger partial charge on any atom is 0.326 e. The molecule has 0 saturated carbocycles. The summed E-state index contributed by atoms with van der Waals surface area (Å²) in [5, 5.41) is 67.6. The first-order valence-corrected chi connectivity index (χ1v) is 37.8. The van der Waals surface area contributed by atoms with Crippen LogP contribution < -0.4 is 0 Å². The number of carbonyl (C=O) groups is 6. The molecule has 0 aromatic rings. The zero-order chi connectivity index (χ0) is 68.0. The standard InChI is InChI=1S/C64H112N4O19S4/c1-17-48-64(12,80)53(70)42(8)66(15)33-36(2)31-62(10,79)55(40(6)51(41(7)60(78)84-48)86-50-32-63(11,81-16)54(71)43(9)83-50)87-61-52(47(65(13)14)30-39(5)82-61)85-49(69)25-19-18-22-44(91-90-35-38(4)57(73)68-28-21-24-46(68)59(76)77)26-29-88-89-34-37(3)56(72)67-27-20-23-45(67)58(74)75/h36-48,50-55,61,70-71,79-80H,17-35H2,1-16H3,(H,74,75)(H,76,77)/t36-,37+,38+,39-,40+,41-,42-,43+,44-,45+,46+,47+,48-,50+,51+,52-,53-,54+,55-,61+,62-,63-,64-/m1/s1. The van der Waals surface area contributed by atoms with Crippen LogP contribution in [0.25, 0.3) is 0 Å². The van der Waals surface area contributed by atoms with Crippen LogP contribution in [0.5, 0.6) is 0 Å². The summed E-state index contributed by atoms with van der Waals surface area (Å²) in [5.74, 6) is -4.77. The van der Waals surface area contributed by atoms with Crippen molar-refractivity contribution in [3.05, 3.63) is 0 Å². The molecular formula is C64H112N4O19S4. The van der Waals surface area contributed by atoms with Crippen LogP contribution in [-0.4, -0.2) is 259 Å². The molecule has 27 heteroatoms. The van der Waals surface area contributed by atoms with Crippen molar-refractivity contribution >= 4 is 78.9 Å². The third-order valence-electron chi connectivity index (χ3n) is 19.5. The molecule has 0 spiro atoms. The van der Waals surface area contributed by atoms with E-state index in [9.17, 15) is 59.4 Å². The van der Waals surface area contributed by atoms with Crippen LogP contribution in [0, 0.1) is 29.6 Å². The van der Waals surface area contributed by atoms with Gasteiger partial charge in [-0.2, -0.15) is 0 Å². The quantitative estimate of drug-likeness (QED) is 0.0275. The number of hydrogen-bond acceptors (Lipinski definition) is 23. The number of esters is 2. The number of methoxy groups -OCH3 is 1. The Kier molecular flexibility index (Phi) is 31.3. The van der Waals surface area contributed by atoms with E-state index in [1.54, 1.807) is 91.6 Å². The fourth-order valence-electron chi connectivity index (χ4n) is 13.8. The lowest BCUT2D eigenvalue weighted by atomic mass is 9.77. The predicted octanol–water partition coefficient (Wildman–Crippen LogP) is 6.96. The van der Waals surface area contributed by atoms with Crippen molar-refractivity contribution in [3.8, 4) is 0 Å². The van der Waals surface area contributed by atoms with E-state index in [0.717, 1.165) is 18.6 Å². The Hall–Kier alpha value is -2.22. The second-order valence-corrected chi connectivity index (χ2v) is 33.0. The molecule has 23 atom stereocenters. The number of aliphatic hydroxyl groups is 4. The molecule has 5 aliphatic rings. The van der Waals surface area contributed by atoms with E-state index in [1.807, 2.05) is 58.6 Å². The summed E-state index contributed by atoms with van der Waals surface area (Å²) in [7, 11) is 13.6. The van der Waals surface area contributed by atoms with Gasteiger partial charge in [0.15, 0.2) is 18.7 Å². The highest BCUT2D eigenvalue weighted by atomic mass is 33.1. The second kappa shape index (κ2) is 35.9. The van der Waals surface area contributed by atoms with Crippen LogP contribution in [0.4, 0.5) is 0 Å². The van der Waals surface area contributed by atoms with E-state index in [2.05, 4.69) is 0 Å².